The third kappa shape index (κ3) is 2.88. The lowest BCUT2D eigenvalue weighted by Gasteiger charge is -2.62. The van der Waals surface area contributed by atoms with Crippen LogP contribution in [0, 0.1) is 51.8 Å². The number of carbonyl (C=O) groups is 1. The first-order valence-electron chi connectivity index (χ1n) is 12.7. The maximum atomic E-state index is 12.5. The molecule has 1 heteroatoms. The molecule has 0 aliphatic heterocycles. The molecule has 4 fully saturated rings. The second kappa shape index (κ2) is 7.12. The Balaban J connectivity index is 1.54. The van der Waals surface area contributed by atoms with Gasteiger partial charge in [-0.15, -0.1) is 0 Å². The van der Waals surface area contributed by atoms with E-state index in [1.54, 1.807) is 0 Å². The summed E-state index contributed by atoms with van der Waals surface area (Å²) in [5.41, 5.74) is 1.36. The highest BCUT2D eigenvalue weighted by atomic mass is 16.1. The molecule has 28 heavy (non-hydrogen) atoms. The minimum absolute atomic E-state index is 0.325. The van der Waals surface area contributed by atoms with Gasteiger partial charge in [-0.05, 0) is 90.8 Å². The summed E-state index contributed by atoms with van der Waals surface area (Å²) in [5, 5.41) is 0. The van der Waals surface area contributed by atoms with Crippen molar-refractivity contribution >= 4 is 5.78 Å². The van der Waals surface area contributed by atoms with Crippen LogP contribution in [0.2, 0.25) is 0 Å². The molecule has 0 aromatic heterocycles. The molecule has 0 spiro atoms. The largest absolute Gasteiger partial charge is 0.299 e. The van der Waals surface area contributed by atoms with Crippen molar-refractivity contribution < 1.29 is 4.79 Å². The molecule has 0 radical (unpaired) electrons. The molecule has 0 bridgehead atoms. The van der Waals surface area contributed by atoms with Crippen molar-refractivity contribution in [2.75, 3.05) is 0 Å². The molecule has 0 amide bonds. The van der Waals surface area contributed by atoms with Crippen LogP contribution in [0.4, 0.5) is 0 Å². The fourth-order valence-corrected chi connectivity index (χ4v) is 9.32. The molecule has 160 valence electrons. The van der Waals surface area contributed by atoms with Crippen molar-refractivity contribution in [2.24, 2.45) is 51.8 Å². The molecule has 0 aromatic rings. The van der Waals surface area contributed by atoms with E-state index in [1.165, 1.54) is 64.2 Å². The summed E-state index contributed by atoms with van der Waals surface area (Å²) in [6.07, 6.45) is 14.5. The SMILES string of the molecule is CC(C)CCC[C@@H](C)[C@H]1CC[C@@]2(C)[C@@H]3CC[C@@H]4C(=O)CC[C@]4(C)[C@H]3CC[C@]12C. The van der Waals surface area contributed by atoms with Gasteiger partial charge in [0.05, 0.1) is 0 Å². The lowest BCUT2D eigenvalue weighted by atomic mass is 9.42. The molecule has 4 aliphatic rings. The Hall–Kier alpha value is -0.330. The van der Waals surface area contributed by atoms with Gasteiger partial charge in [0.2, 0.25) is 0 Å². The third-order valence-corrected chi connectivity index (χ3v) is 11.2. The molecular formula is C27H46O. The third-order valence-electron chi connectivity index (χ3n) is 11.2. The topological polar surface area (TPSA) is 17.1 Å². The van der Waals surface area contributed by atoms with Crippen LogP contribution in [0.1, 0.15) is 112 Å². The van der Waals surface area contributed by atoms with Crippen molar-refractivity contribution in [3.63, 3.8) is 0 Å². The lowest BCUT2D eigenvalue weighted by molar-refractivity contribution is -0.149. The summed E-state index contributed by atoms with van der Waals surface area (Å²) in [6, 6.07) is 0. The Labute approximate surface area is 174 Å². The molecule has 4 aliphatic carbocycles. The van der Waals surface area contributed by atoms with Gasteiger partial charge in [0, 0.05) is 12.3 Å². The molecule has 0 saturated heterocycles. The van der Waals surface area contributed by atoms with Crippen LogP contribution in [0.15, 0.2) is 0 Å². The van der Waals surface area contributed by atoms with E-state index in [0.717, 1.165) is 36.0 Å². The quantitative estimate of drug-likeness (QED) is 0.473. The molecular weight excluding hydrogens is 340 g/mol. The van der Waals surface area contributed by atoms with Gasteiger partial charge in [-0.2, -0.15) is 0 Å². The normalized spacial score (nSPS) is 49.0. The number of hydrogen-bond acceptors (Lipinski definition) is 1. The van der Waals surface area contributed by atoms with E-state index in [0.29, 0.717) is 27.9 Å². The Kier molecular flexibility index (Phi) is 5.32. The minimum atomic E-state index is 0.325. The number of fused-ring (bicyclic) bond motifs is 5. The smallest absolute Gasteiger partial charge is 0.136 e. The average molecular weight is 387 g/mol. The van der Waals surface area contributed by atoms with Crippen LogP contribution in [0.3, 0.4) is 0 Å². The summed E-state index contributed by atoms with van der Waals surface area (Å²) in [7, 11) is 0. The number of Topliss-reactive ketones (excluding diaryl/α,β-unsaturated/α-hetero) is 1. The maximum absolute atomic E-state index is 12.5. The van der Waals surface area contributed by atoms with Gasteiger partial charge in [0.15, 0.2) is 0 Å². The molecule has 0 unspecified atom stereocenters. The van der Waals surface area contributed by atoms with Gasteiger partial charge in [-0.3, -0.25) is 4.79 Å². The van der Waals surface area contributed by atoms with Crippen LogP contribution < -0.4 is 0 Å². The highest BCUT2D eigenvalue weighted by molar-refractivity contribution is 5.84. The van der Waals surface area contributed by atoms with Crippen molar-refractivity contribution in [3.05, 3.63) is 0 Å². The molecule has 4 rings (SSSR count). The summed E-state index contributed by atoms with van der Waals surface area (Å²) < 4.78 is 0. The fraction of sp³-hybridized carbons (Fsp3) is 0.963. The predicted molar refractivity (Wildman–Crippen MR) is 118 cm³/mol. The summed E-state index contributed by atoms with van der Waals surface area (Å²) in [5.74, 6) is 5.31. The maximum Gasteiger partial charge on any atom is 0.136 e. The highest BCUT2D eigenvalue weighted by Gasteiger charge is 2.66. The second-order valence-electron chi connectivity index (χ2n) is 12.6. The molecule has 0 heterocycles. The summed E-state index contributed by atoms with van der Waals surface area (Å²) in [4.78, 5) is 12.5. The van der Waals surface area contributed by atoms with Gasteiger partial charge in [-0.25, -0.2) is 0 Å². The van der Waals surface area contributed by atoms with Crippen molar-refractivity contribution in [2.45, 2.75) is 112 Å². The van der Waals surface area contributed by atoms with Crippen molar-refractivity contribution in [3.8, 4) is 0 Å². The molecule has 1 nitrogen and oxygen atoms in total. The number of ketones is 1. The van der Waals surface area contributed by atoms with Gasteiger partial charge in [0.25, 0.3) is 0 Å². The van der Waals surface area contributed by atoms with Crippen LogP contribution >= 0.6 is 0 Å². The zero-order chi connectivity index (χ0) is 20.3. The van der Waals surface area contributed by atoms with Crippen molar-refractivity contribution in [1.29, 1.82) is 0 Å². The van der Waals surface area contributed by atoms with E-state index in [1.807, 2.05) is 0 Å². The predicted octanol–water partition coefficient (Wildman–Crippen LogP) is 7.68. The van der Waals surface area contributed by atoms with Crippen LogP contribution in [0.25, 0.3) is 0 Å². The standard InChI is InChI=1S/C27H46O/c1-18(2)8-7-9-19(3)20-12-16-27(6)22-10-11-23-24(28)14-15-25(23,4)21(22)13-17-26(20,27)5/h18-23H,7-17H2,1-6H3/t19-,20-,21+,22-,23-,25-,26-,27+/m1/s1. The first-order valence-corrected chi connectivity index (χ1v) is 12.7. The van der Waals surface area contributed by atoms with Crippen LogP contribution in [-0.4, -0.2) is 5.78 Å². The van der Waals surface area contributed by atoms with Crippen LogP contribution in [0.5, 0.6) is 0 Å². The van der Waals surface area contributed by atoms with E-state index in [4.69, 9.17) is 0 Å². The first kappa shape index (κ1) is 20.9. The fourth-order valence-electron chi connectivity index (χ4n) is 9.32. The first-order chi connectivity index (χ1) is 13.1. The molecule has 8 atom stereocenters. The number of rotatable bonds is 5. The minimum Gasteiger partial charge on any atom is -0.299 e. The van der Waals surface area contributed by atoms with Gasteiger partial charge in [-0.1, -0.05) is 60.8 Å². The number of hydrogen-bond donors (Lipinski definition) is 0. The Morgan fingerprint density at radius 3 is 2.29 bits per heavy atom. The van der Waals surface area contributed by atoms with Crippen LogP contribution in [-0.2, 0) is 4.79 Å². The van der Waals surface area contributed by atoms with E-state index >= 15 is 0 Å². The second-order valence-corrected chi connectivity index (χ2v) is 12.6. The monoisotopic (exact) mass is 386 g/mol. The van der Waals surface area contributed by atoms with E-state index in [-0.39, 0.29) is 0 Å². The molecule has 0 N–H and O–H groups in total. The summed E-state index contributed by atoms with van der Waals surface area (Å²) >= 11 is 0. The Morgan fingerprint density at radius 2 is 1.57 bits per heavy atom. The Bertz CT molecular complexity index is 607. The number of carbonyl (C=O) groups excluding carboxylic acids is 1. The zero-order valence-corrected chi connectivity index (χ0v) is 19.7. The highest BCUT2D eigenvalue weighted by Crippen LogP contribution is 2.73. The van der Waals surface area contributed by atoms with Gasteiger partial charge < -0.3 is 0 Å². The van der Waals surface area contributed by atoms with E-state index in [2.05, 4.69) is 41.5 Å². The van der Waals surface area contributed by atoms with E-state index < -0.39 is 0 Å². The summed E-state index contributed by atoms with van der Waals surface area (Å²) in [6.45, 7) is 15.2. The zero-order valence-electron chi connectivity index (χ0n) is 19.7. The molecule has 4 saturated carbocycles. The van der Waals surface area contributed by atoms with Crippen molar-refractivity contribution in [1.82, 2.24) is 0 Å². The van der Waals surface area contributed by atoms with E-state index in [9.17, 15) is 4.79 Å². The van der Waals surface area contributed by atoms with Gasteiger partial charge in [0.1, 0.15) is 5.78 Å². The Morgan fingerprint density at radius 1 is 0.857 bits per heavy atom. The average Bonchev–Trinajstić information content (AvgIpc) is 3.08. The lowest BCUT2D eigenvalue weighted by Crippen LogP contribution is -2.56. The molecule has 0 aromatic carbocycles. The van der Waals surface area contributed by atoms with Gasteiger partial charge >= 0.3 is 0 Å².